The highest BCUT2D eigenvalue weighted by Gasteiger charge is 2.60. The molecule has 26 unspecified atom stereocenters. The number of rotatable bonds is 26. The van der Waals surface area contributed by atoms with E-state index in [0.29, 0.717) is 98.3 Å². The van der Waals surface area contributed by atoms with Gasteiger partial charge in [-0.25, -0.2) is 0 Å². The van der Waals surface area contributed by atoms with Crippen LogP contribution in [0.4, 0.5) is 0 Å². The van der Waals surface area contributed by atoms with Crippen LogP contribution in [0.15, 0.2) is 0 Å². The van der Waals surface area contributed by atoms with E-state index in [2.05, 4.69) is 59.7 Å². The lowest BCUT2D eigenvalue weighted by Gasteiger charge is -2.51. The lowest BCUT2D eigenvalue weighted by molar-refractivity contribution is 0.149. The van der Waals surface area contributed by atoms with E-state index in [9.17, 15) is 0 Å². The minimum atomic E-state index is -2.63. The van der Waals surface area contributed by atoms with Crippen LogP contribution in [0.1, 0.15) is 219 Å². The molecule has 26 atom stereocenters. The van der Waals surface area contributed by atoms with Gasteiger partial charge in [0.15, 0.2) is 0 Å². The van der Waals surface area contributed by atoms with Gasteiger partial charge in [-0.1, -0.05) is 19.3 Å². The van der Waals surface area contributed by atoms with Gasteiger partial charge in [-0.3, -0.25) is 0 Å². The minimum absolute atomic E-state index is 0.512. The predicted molar refractivity (Wildman–Crippen MR) is 399 cm³/mol. The first-order chi connectivity index (χ1) is 47.1. The molecule has 0 radical (unpaired) electrons. The van der Waals surface area contributed by atoms with E-state index in [4.69, 9.17) is 70.8 Å². The van der Waals surface area contributed by atoms with E-state index < -0.39 is 69.2 Å². The van der Waals surface area contributed by atoms with Crippen LogP contribution in [-0.2, 0) is 70.8 Å². The Hall–Kier alpha value is 1.10. The van der Waals surface area contributed by atoms with Gasteiger partial charge in [0.05, 0.1) is 73.2 Å². The fourth-order valence-corrected chi connectivity index (χ4v) is 66.7. The molecule has 0 amide bonds. The lowest BCUT2D eigenvalue weighted by atomic mass is 9.72. The second-order valence-corrected chi connectivity index (χ2v) is 64.5. The molecular weight excluding hydrogens is 1370 g/mol. The summed E-state index contributed by atoms with van der Waals surface area (Å²) in [7, 11) is -20.1. The molecule has 2 bridgehead atoms. The first-order valence-electron chi connectivity index (χ1n) is 41.7. The van der Waals surface area contributed by atoms with Crippen molar-refractivity contribution in [1.82, 2.24) is 0 Å². The van der Waals surface area contributed by atoms with Crippen LogP contribution in [-0.4, -0.2) is 169 Å². The molecule has 17 rings (SSSR count). The fraction of sp³-hybridized carbons (Fsp3) is 1.00. The predicted octanol–water partition coefficient (Wildman–Crippen LogP) is 17.0. The van der Waals surface area contributed by atoms with Gasteiger partial charge in [-0.2, -0.15) is 0 Å². The van der Waals surface area contributed by atoms with Crippen molar-refractivity contribution in [3.63, 3.8) is 0 Å². The Kier molecular flexibility index (Phi) is 23.8. The summed E-state index contributed by atoms with van der Waals surface area (Å²) in [6.45, 7) is 23.3. The number of hydrogen-bond donors (Lipinski definition) is 0. The van der Waals surface area contributed by atoms with Gasteiger partial charge in [0, 0.05) is 38.5 Å². The molecule has 0 aromatic rings. The standard InChI is InChI=1S/C32H60O8Si4.C31H58O8Si4.C11H18/c1-6-33-16-20-44(5)39-42(3,18-14-25-8-11-28-31(22-25)35-28)37-41(2,17-13-24-7-10-27-30(21-24)34-27)38-43(4,40-44)19-15-26-9-12-29-32(23-26)36-29;1-5-32-15-19-42(3)37-40(16-12-23-6-9-26-29(20-23)33-26)36-41(2,17-13-24-7-10-27-30(21-24)34-27)38-43(4,39-42)18-14-25-8-11-28-31(22-25)35-28;1-2-6-11(5-1)8-9-3-4-10(11)7-9/h24-32H,6-23H2,1-5H3;23-31,40H,5-22H2,1-4H3;9-10H,1-8H2. The third-order valence-corrected chi connectivity index (χ3v) is 64.2. The maximum Gasteiger partial charge on any atom is 0.319 e. The molecule has 17 fully saturated rings. The zero-order valence-electron chi connectivity index (χ0n) is 62.8. The summed E-state index contributed by atoms with van der Waals surface area (Å²) in [5.41, 5.74) is 0.906. The molecule has 0 aromatic heterocycles. The Morgan fingerprint density at radius 2 is 0.622 bits per heavy atom. The average molecular weight is 1510 g/mol. The smallest absolute Gasteiger partial charge is 0.319 e. The SMILES string of the molecule is C1CCC2(C1)CC1CCC2C1.CCOCC[Si]1(C)O[SiH](CCC2CCC3OC3C2)O[Si](C)(CCC2CCC3OC3C2)O[Si](C)(CCC2CCC3OC3C2)O1.CCOCC[Si]1(C)O[Si](C)(CCC2CCC3OC3C2)O[Si](C)(CCC2CCC3OC3C2)O[Si](C)(CCC2CCC3OC3C2)O1. The number of fused-ring (bicyclic) bond motifs is 9. The largest absolute Gasteiger partial charge is 0.418 e. The second kappa shape index (κ2) is 31.2. The molecule has 1 spiro atoms. The molecule has 8 heterocycles. The van der Waals surface area contributed by atoms with Crippen molar-refractivity contribution >= 4 is 69.2 Å². The van der Waals surface area contributed by atoms with Crippen LogP contribution in [0.2, 0.25) is 94.2 Å². The summed E-state index contributed by atoms with van der Waals surface area (Å²) in [6, 6.07) is 7.89. The molecule has 8 saturated heterocycles. The molecule has 24 heteroatoms. The third kappa shape index (κ3) is 19.7. The minimum Gasteiger partial charge on any atom is -0.418 e. The fourth-order valence-electron chi connectivity index (χ4n) is 22.6. The summed E-state index contributed by atoms with van der Waals surface area (Å²) in [4.78, 5) is 0. The number of ether oxygens (including phenoxy) is 8. The highest BCUT2D eigenvalue weighted by Crippen LogP contribution is 2.63. The lowest BCUT2D eigenvalue weighted by Crippen LogP contribution is -2.67. The van der Waals surface area contributed by atoms with Gasteiger partial charge in [0.2, 0.25) is 0 Å². The monoisotopic (exact) mass is 1500 g/mol. The molecule has 8 aliphatic heterocycles. The first-order valence-corrected chi connectivity index (χ1v) is 61.2. The van der Waals surface area contributed by atoms with Crippen LogP contribution in [0.5, 0.6) is 0 Å². The van der Waals surface area contributed by atoms with Crippen molar-refractivity contribution in [2.45, 2.75) is 387 Å². The van der Waals surface area contributed by atoms with Crippen molar-refractivity contribution in [2.75, 3.05) is 26.4 Å². The Morgan fingerprint density at radius 3 is 0.929 bits per heavy atom. The Bertz CT molecular complexity index is 2580. The van der Waals surface area contributed by atoms with Crippen LogP contribution < -0.4 is 0 Å². The van der Waals surface area contributed by atoms with E-state index in [1.54, 1.807) is 51.4 Å². The van der Waals surface area contributed by atoms with Crippen molar-refractivity contribution in [3.8, 4) is 0 Å². The molecule has 98 heavy (non-hydrogen) atoms. The zero-order chi connectivity index (χ0) is 67.6. The van der Waals surface area contributed by atoms with Crippen LogP contribution in [0.25, 0.3) is 0 Å². The molecule has 0 N–H and O–H groups in total. The number of hydrogen-bond acceptors (Lipinski definition) is 16. The zero-order valence-corrected chi connectivity index (χ0v) is 70.9. The van der Waals surface area contributed by atoms with E-state index in [1.807, 2.05) is 0 Å². The Balaban J connectivity index is 0.000000138. The van der Waals surface area contributed by atoms with Gasteiger partial charge in [-0.05, 0) is 335 Å². The van der Waals surface area contributed by atoms with Gasteiger partial charge < -0.3 is 70.8 Å². The highest BCUT2D eigenvalue weighted by atomic mass is 28.5. The second-order valence-electron chi connectivity index (χ2n) is 36.9. The summed E-state index contributed by atoms with van der Waals surface area (Å²) in [6.07, 6.45) is 48.5. The summed E-state index contributed by atoms with van der Waals surface area (Å²) in [5.74, 6) is 6.67. The van der Waals surface area contributed by atoms with Gasteiger partial charge >= 0.3 is 69.2 Å². The van der Waals surface area contributed by atoms with E-state index in [0.717, 1.165) is 96.6 Å². The molecule has 16 nitrogen and oxygen atoms in total. The molecule has 9 saturated carbocycles. The topological polar surface area (TPSA) is 167 Å². The van der Waals surface area contributed by atoms with Gasteiger partial charge in [0.25, 0.3) is 0 Å². The van der Waals surface area contributed by atoms with Gasteiger partial charge in [0.1, 0.15) is 0 Å². The molecule has 9 aliphatic carbocycles. The summed E-state index contributed by atoms with van der Waals surface area (Å²) >= 11 is 0. The van der Waals surface area contributed by atoms with Crippen LogP contribution in [0, 0.1) is 52.8 Å². The highest BCUT2D eigenvalue weighted by molar-refractivity contribution is 6.94. The normalized spacial score (nSPS) is 50.4. The van der Waals surface area contributed by atoms with E-state index in [1.165, 1.54) is 160 Å². The maximum atomic E-state index is 7.54. The first kappa shape index (κ1) is 74.6. The number of epoxide rings is 6. The van der Waals surface area contributed by atoms with Crippen molar-refractivity contribution in [2.24, 2.45) is 52.8 Å². The molecule has 17 aliphatic rings. The molecular formula is C74H136O16Si8. The third-order valence-electron chi connectivity index (χ3n) is 28.4. The van der Waals surface area contributed by atoms with Crippen molar-refractivity contribution in [1.29, 1.82) is 0 Å². The van der Waals surface area contributed by atoms with Crippen molar-refractivity contribution in [3.05, 3.63) is 0 Å². The van der Waals surface area contributed by atoms with E-state index in [-0.39, 0.29) is 0 Å². The summed E-state index contributed by atoms with van der Waals surface area (Å²) in [5, 5.41) is 0. The molecule has 0 aromatic carbocycles. The average Bonchev–Trinajstić information content (AvgIpc) is 1.57. The Morgan fingerprint density at radius 1 is 0.327 bits per heavy atom. The molecule has 560 valence electrons. The summed E-state index contributed by atoms with van der Waals surface area (Å²) < 4.78 is 106. The quantitative estimate of drug-likeness (QED) is 0.0455. The maximum absolute atomic E-state index is 7.54. The van der Waals surface area contributed by atoms with Crippen LogP contribution in [0.3, 0.4) is 0 Å². The Labute approximate surface area is 602 Å². The van der Waals surface area contributed by atoms with E-state index >= 15 is 0 Å². The van der Waals surface area contributed by atoms with Crippen LogP contribution >= 0.6 is 0 Å². The van der Waals surface area contributed by atoms with Gasteiger partial charge in [-0.15, -0.1) is 0 Å². The van der Waals surface area contributed by atoms with Crippen molar-refractivity contribution < 1.29 is 70.8 Å².